The zero-order valence-corrected chi connectivity index (χ0v) is 8.38. The third-order valence-electron chi connectivity index (χ3n) is 2.60. The summed E-state index contributed by atoms with van der Waals surface area (Å²) in [6.07, 6.45) is 0.775. The Kier molecular flexibility index (Phi) is 2.39. The van der Waals surface area contributed by atoms with Crippen LogP contribution < -0.4 is 0 Å². The number of aryl methyl sites for hydroxylation is 1. The van der Waals surface area contributed by atoms with Gasteiger partial charge in [0.2, 0.25) is 0 Å². The highest BCUT2D eigenvalue weighted by Gasteiger charge is 2.43. The van der Waals surface area contributed by atoms with Crippen LogP contribution >= 0.6 is 0 Å². The van der Waals surface area contributed by atoms with Crippen LogP contribution in [0.4, 0.5) is 0 Å². The van der Waals surface area contributed by atoms with Crippen molar-refractivity contribution in [3.05, 3.63) is 5.82 Å². The van der Waals surface area contributed by atoms with Gasteiger partial charge in [-0.3, -0.25) is 4.79 Å². The summed E-state index contributed by atoms with van der Waals surface area (Å²) >= 11 is 0. The lowest BCUT2D eigenvalue weighted by molar-refractivity contribution is -0.149. The van der Waals surface area contributed by atoms with Gasteiger partial charge in [-0.05, 0) is 11.6 Å². The molecule has 82 valence electrons. The molecular weight excluding hydrogens is 200 g/mol. The molecule has 1 N–H and O–H groups in total. The van der Waals surface area contributed by atoms with Crippen LogP contribution in [0.3, 0.4) is 0 Å². The fourth-order valence-corrected chi connectivity index (χ4v) is 1.69. The summed E-state index contributed by atoms with van der Waals surface area (Å²) in [6, 6.07) is 0. The van der Waals surface area contributed by atoms with E-state index in [0.29, 0.717) is 18.9 Å². The Morgan fingerprint density at radius 1 is 1.73 bits per heavy atom. The monoisotopic (exact) mass is 212 g/mol. The van der Waals surface area contributed by atoms with E-state index in [2.05, 4.69) is 15.4 Å². The summed E-state index contributed by atoms with van der Waals surface area (Å²) in [5.41, 5.74) is -0.872. The Labute approximate surface area is 86.0 Å². The first-order valence-electron chi connectivity index (χ1n) is 4.66. The van der Waals surface area contributed by atoms with Crippen LogP contribution in [-0.2, 0) is 23.0 Å². The maximum atomic E-state index is 11.2. The molecule has 0 radical (unpaired) electrons. The number of ether oxygens (including phenoxy) is 1. The number of carbonyl (C=O) groups is 1. The van der Waals surface area contributed by atoms with Gasteiger partial charge in [0.15, 0.2) is 5.82 Å². The lowest BCUT2D eigenvalue weighted by Gasteiger charge is -2.19. The topological polar surface area (TPSA) is 90.1 Å². The van der Waals surface area contributed by atoms with Crippen molar-refractivity contribution in [2.24, 2.45) is 12.5 Å². The molecule has 7 nitrogen and oxygen atoms in total. The molecule has 1 fully saturated rings. The summed E-state index contributed by atoms with van der Waals surface area (Å²) < 4.78 is 5.14. The van der Waals surface area contributed by atoms with Gasteiger partial charge in [0.1, 0.15) is 5.41 Å². The third kappa shape index (κ3) is 1.82. The van der Waals surface area contributed by atoms with Gasteiger partial charge in [-0.25, -0.2) is 0 Å². The molecule has 0 aromatic carbocycles. The van der Waals surface area contributed by atoms with Gasteiger partial charge in [0.05, 0.1) is 13.7 Å². The number of tetrazole rings is 1. The molecule has 1 saturated heterocycles. The third-order valence-corrected chi connectivity index (χ3v) is 2.60. The molecule has 1 aromatic rings. The Morgan fingerprint density at radius 2 is 2.53 bits per heavy atom. The van der Waals surface area contributed by atoms with Crippen LogP contribution in [0.15, 0.2) is 0 Å². The van der Waals surface area contributed by atoms with Crippen LogP contribution in [-0.4, -0.2) is 44.5 Å². The van der Waals surface area contributed by atoms with Crippen molar-refractivity contribution in [3.63, 3.8) is 0 Å². The van der Waals surface area contributed by atoms with Crippen molar-refractivity contribution >= 4 is 5.97 Å². The van der Waals surface area contributed by atoms with Gasteiger partial charge in [-0.1, -0.05) is 0 Å². The normalized spacial score (nSPS) is 25.7. The first-order valence-corrected chi connectivity index (χ1v) is 4.66. The summed E-state index contributed by atoms with van der Waals surface area (Å²) in [6.45, 7) is 0.702. The van der Waals surface area contributed by atoms with Crippen molar-refractivity contribution in [2.75, 3.05) is 13.2 Å². The molecule has 1 aliphatic heterocycles. The molecule has 2 rings (SSSR count). The largest absolute Gasteiger partial charge is 0.481 e. The smallest absolute Gasteiger partial charge is 0.312 e. The van der Waals surface area contributed by atoms with Crippen molar-refractivity contribution < 1.29 is 14.6 Å². The molecule has 2 heterocycles. The molecular formula is C8H12N4O3. The molecule has 1 aliphatic rings. The highest BCUT2D eigenvalue weighted by atomic mass is 16.5. The second-order valence-electron chi connectivity index (χ2n) is 3.76. The highest BCUT2D eigenvalue weighted by molar-refractivity contribution is 5.75. The Balaban J connectivity index is 2.17. The Morgan fingerprint density at radius 3 is 3.00 bits per heavy atom. The summed E-state index contributed by atoms with van der Waals surface area (Å²) in [5.74, 6) is -0.405. The molecule has 0 spiro atoms. The van der Waals surface area contributed by atoms with Gasteiger partial charge in [-0.2, -0.15) is 4.80 Å². The molecule has 0 bridgehead atoms. The van der Waals surface area contributed by atoms with Gasteiger partial charge in [-0.15, -0.1) is 10.2 Å². The molecule has 1 unspecified atom stereocenters. The Bertz CT molecular complexity index is 370. The Hall–Kier alpha value is -1.50. The van der Waals surface area contributed by atoms with E-state index in [0.717, 1.165) is 0 Å². The predicted molar refractivity (Wildman–Crippen MR) is 48.0 cm³/mol. The fourth-order valence-electron chi connectivity index (χ4n) is 1.69. The highest BCUT2D eigenvalue weighted by Crippen LogP contribution is 2.31. The van der Waals surface area contributed by atoms with E-state index < -0.39 is 11.4 Å². The predicted octanol–water partition coefficient (Wildman–Crippen LogP) is -0.756. The standard InChI is InChI=1S/C8H12N4O3/c1-12-10-6(9-11-12)4-8(7(13)14)2-3-15-5-8/h2-5H2,1H3,(H,13,14). The number of hydrogen-bond acceptors (Lipinski definition) is 5. The number of rotatable bonds is 3. The van der Waals surface area contributed by atoms with Gasteiger partial charge in [0.25, 0.3) is 0 Å². The molecule has 7 heteroatoms. The quantitative estimate of drug-likeness (QED) is 0.708. The lowest BCUT2D eigenvalue weighted by atomic mass is 9.84. The average Bonchev–Trinajstić information content (AvgIpc) is 2.77. The first-order chi connectivity index (χ1) is 7.12. The number of aliphatic carboxylic acids is 1. The van der Waals surface area contributed by atoms with Crippen molar-refractivity contribution in [1.82, 2.24) is 20.2 Å². The van der Waals surface area contributed by atoms with Gasteiger partial charge < -0.3 is 9.84 Å². The van der Waals surface area contributed by atoms with E-state index in [1.165, 1.54) is 4.80 Å². The van der Waals surface area contributed by atoms with E-state index in [9.17, 15) is 4.79 Å². The molecule has 0 amide bonds. The second kappa shape index (κ2) is 3.58. The number of nitrogens with zero attached hydrogens (tertiary/aromatic N) is 4. The van der Waals surface area contributed by atoms with Crippen LogP contribution in [0.5, 0.6) is 0 Å². The van der Waals surface area contributed by atoms with Gasteiger partial charge >= 0.3 is 5.97 Å². The summed E-state index contributed by atoms with van der Waals surface area (Å²) in [5, 5.41) is 20.6. The number of carboxylic acid groups (broad SMARTS) is 1. The number of hydrogen-bond donors (Lipinski definition) is 1. The summed E-state index contributed by atoms with van der Waals surface area (Å²) in [4.78, 5) is 12.5. The zero-order valence-electron chi connectivity index (χ0n) is 8.38. The maximum absolute atomic E-state index is 11.2. The molecule has 0 aliphatic carbocycles. The average molecular weight is 212 g/mol. The van der Waals surface area contributed by atoms with Crippen molar-refractivity contribution in [2.45, 2.75) is 12.8 Å². The lowest BCUT2D eigenvalue weighted by Crippen LogP contribution is -2.34. The minimum atomic E-state index is -0.872. The molecule has 0 saturated carbocycles. The van der Waals surface area contributed by atoms with Crippen molar-refractivity contribution in [3.8, 4) is 0 Å². The zero-order chi connectivity index (χ0) is 10.9. The molecule has 15 heavy (non-hydrogen) atoms. The minimum absolute atomic E-state index is 0.223. The van der Waals surface area contributed by atoms with E-state index in [1.807, 2.05) is 0 Å². The van der Waals surface area contributed by atoms with E-state index in [4.69, 9.17) is 9.84 Å². The SMILES string of the molecule is Cn1nnc(CC2(C(=O)O)CCOC2)n1. The minimum Gasteiger partial charge on any atom is -0.481 e. The van der Waals surface area contributed by atoms with E-state index in [1.54, 1.807) is 7.05 Å². The number of aromatic nitrogens is 4. The molecule has 1 atom stereocenters. The van der Waals surface area contributed by atoms with Gasteiger partial charge in [0, 0.05) is 13.0 Å². The van der Waals surface area contributed by atoms with Crippen molar-refractivity contribution in [1.29, 1.82) is 0 Å². The van der Waals surface area contributed by atoms with Crippen LogP contribution in [0, 0.1) is 5.41 Å². The maximum Gasteiger partial charge on any atom is 0.312 e. The molecule has 1 aromatic heterocycles. The summed E-state index contributed by atoms with van der Waals surface area (Å²) in [7, 11) is 1.65. The van der Waals surface area contributed by atoms with E-state index in [-0.39, 0.29) is 13.0 Å². The number of carboxylic acids is 1. The van der Waals surface area contributed by atoms with Crippen LogP contribution in [0.2, 0.25) is 0 Å². The van der Waals surface area contributed by atoms with Crippen LogP contribution in [0.1, 0.15) is 12.2 Å². The first kappa shape index (κ1) is 10.0. The fraction of sp³-hybridized carbons (Fsp3) is 0.750. The van der Waals surface area contributed by atoms with E-state index >= 15 is 0 Å². The van der Waals surface area contributed by atoms with Crippen LogP contribution in [0.25, 0.3) is 0 Å². The second-order valence-corrected chi connectivity index (χ2v) is 3.76.